The van der Waals surface area contributed by atoms with Crippen molar-refractivity contribution in [1.29, 1.82) is 0 Å². The topological polar surface area (TPSA) is 95.0 Å². The van der Waals surface area contributed by atoms with Gasteiger partial charge in [-0.15, -0.1) is 0 Å². The van der Waals surface area contributed by atoms with E-state index < -0.39 is 28.0 Å². The van der Waals surface area contributed by atoms with Gasteiger partial charge in [-0.25, -0.2) is 8.42 Å². The molecule has 0 spiro atoms. The first-order chi connectivity index (χ1) is 8.80. The molecule has 8 heteroatoms. The van der Waals surface area contributed by atoms with Crippen LogP contribution in [0.25, 0.3) is 0 Å². The van der Waals surface area contributed by atoms with Gasteiger partial charge in [0.05, 0.1) is 12.2 Å². The standard InChI is InChI=1S/C11H18N2O5S/c1-19(17,18)13-5-2-3-9(13)10(14)12-6-4-8(7-12)11(15)16/h8-9H,2-7H2,1H3,(H,15,16)/t8-,9-/m0/s1. The molecule has 0 bridgehead atoms. The highest BCUT2D eigenvalue weighted by molar-refractivity contribution is 7.88. The molecular weight excluding hydrogens is 272 g/mol. The largest absolute Gasteiger partial charge is 0.481 e. The summed E-state index contributed by atoms with van der Waals surface area (Å²) in [6.07, 6.45) is 2.72. The summed E-state index contributed by atoms with van der Waals surface area (Å²) >= 11 is 0. The van der Waals surface area contributed by atoms with Crippen molar-refractivity contribution in [3.8, 4) is 0 Å². The van der Waals surface area contributed by atoms with Gasteiger partial charge in [0, 0.05) is 19.6 Å². The number of hydrogen-bond acceptors (Lipinski definition) is 4. The maximum atomic E-state index is 12.3. The van der Waals surface area contributed by atoms with Gasteiger partial charge in [-0.2, -0.15) is 4.31 Å². The summed E-state index contributed by atoms with van der Waals surface area (Å²) in [5, 5.41) is 8.92. The van der Waals surface area contributed by atoms with Crippen LogP contribution in [0.3, 0.4) is 0 Å². The molecule has 0 saturated carbocycles. The monoisotopic (exact) mass is 290 g/mol. The molecule has 2 saturated heterocycles. The van der Waals surface area contributed by atoms with Crippen LogP contribution in [-0.2, 0) is 19.6 Å². The van der Waals surface area contributed by atoms with Crippen molar-refractivity contribution >= 4 is 21.9 Å². The highest BCUT2D eigenvalue weighted by Crippen LogP contribution is 2.25. The number of carbonyl (C=O) groups is 2. The van der Waals surface area contributed by atoms with Crippen LogP contribution in [0, 0.1) is 5.92 Å². The lowest BCUT2D eigenvalue weighted by molar-refractivity contribution is -0.141. The number of carboxylic acid groups (broad SMARTS) is 1. The van der Waals surface area contributed by atoms with Gasteiger partial charge in [0.15, 0.2) is 0 Å². The second kappa shape index (κ2) is 5.09. The second-order valence-electron chi connectivity index (χ2n) is 5.14. The lowest BCUT2D eigenvalue weighted by atomic mass is 10.1. The molecule has 108 valence electrons. The molecule has 0 aromatic heterocycles. The Balaban J connectivity index is 2.06. The molecule has 2 heterocycles. The number of rotatable bonds is 3. The summed E-state index contributed by atoms with van der Waals surface area (Å²) in [6.45, 7) is 0.942. The van der Waals surface area contributed by atoms with Crippen LogP contribution in [0.2, 0.25) is 0 Å². The number of amides is 1. The molecule has 0 radical (unpaired) electrons. The van der Waals surface area contributed by atoms with Crippen LogP contribution < -0.4 is 0 Å². The fourth-order valence-electron chi connectivity index (χ4n) is 2.76. The number of sulfonamides is 1. The lowest BCUT2D eigenvalue weighted by Crippen LogP contribution is -2.46. The minimum absolute atomic E-state index is 0.183. The zero-order chi connectivity index (χ0) is 14.2. The number of likely N-dealkylation sites (tertiary alicyclic amines) is 1. The maximum Gasteiger partial charge on any atom is 0.308 e. The highest BCUT2D eigenvalue weighted by atomic mass is 32.2. The number of carbonyl (C=O) groups excluding carboxylic acids is 1. The summed E-state index contributed by atoms with van der Waals surface area (Å²) in [6, 6.07) is -0.650. The molecule has 0 unspecified atom stereocenters. The highest BCUT2D eigenvalue weighted by Gasteiger charge is 2.41. The molecule has 2 rings (SSSR count). The third kappa shape index (κ3) is 2.89. The zero-order valence-corrected chi connectivity index (χ0v) is 11.6. The summed E-state index contributed by atoms with van der Waals surface area (Å²) in [5.41, 5.74) is 0. The number of hydrogen-bond donors (Lipinski definition) is 1. The number of carboxylic acids is 1. The molecule has 1 N–H and O–H groups in total. The van der Waals surface area contributed by atoms with E-state index in [1.165, 1.54) is 9.21 Å². The van der Waals surface area contributed by atoms with Gasteiger partial charge in [0.2, 0.25) is 15.9 Å². The van der Waals surface area contributed by atoms with E-state index in [1.54, 1.807) is 0 Å². The third-order valence-corrected chi connectivity index (χ3v) is 5.05. The first-order valence-electron chi connectivity index (χ1n) is 6.29. The Morgan fingerprint density at radius 3 is 2.42 bits per heavy atom. The summed E-state index contributed by atoms with van der Waals surface area (Å²) in [4.78, 5) is 24.6. The Bertz CT molecular complexity index is 489. The van der Waals surface area contributed by atoms with E-state index in [2.05, 4.69) is 0 Å². The van der Waals surface area contributed by atoms with Gasteiger partial charge in [0.1, 0.15) is 6.04 Å². The van der Waals surface area contributed by atoms with Crippen molar-refractivity contribution in [3.05, 3.63) is 0 Å². The molecule has 2 aliphatic heterocycles. The molecule has 19 heavy (non-hydrogen) atoms. The predicted molar refractivity (Wildman–Crippen MR) is 66.9 cm³/mol. The van der Waals surface area contributed by atoms with E-state index in [-0.39, 0.29) is 12.5 Å². The Hall–Kier alpha value is -1.15. The second-order valence-corrected chi connectivity index (χ2v) is 7.07. The molecular formula is C11H18N2O5S. The van der Waals surface area contributed by atoms with Gasteiger partial charge >= 0.3 is 5.97 Å². The summed E-state index contributed by atoms with van der Waals surface area (Å²) < 4.78 is 24.4. The fraction of sp³-hybridized carbons (Fsp3) is 0.818. The van der Waals surface area contributed by atoms with Crippen LogP contribution in [0.4, 0.5) is 0 Å². The Kier molecular flexibility index (Phi) is 3.82. The molecule has 2 atom stereocenters. The van der Waals surface area contributed by atoms with Crippen molar-refractivity contribution < 1.29 is 23.1 Å². The van der Waals surface area contributed by atoms with Gasteiger partial charge in [-0.05, 0) is 19.3 Å². The zero-order valence-electron chi connectivity index (χ0n) is 10.8. The Morgan fingerprint density at radius 1 is 1.21 bits per heavy atom. The summed E-state index contributed by atoms with van der Waals surface area (Å²) in [5.74, 6) is -1.69. The quantitative estimate of drug-likeness (QED) is 0.745. The van der Waals surface area contributed by atoms with Crippen LogP contribution in [0.1, 0.15) is 19.3 Å². The smallest absolute Gasteiger partial charge is 0.308 e. The molecule has 7 nitrogen and oxygen atoms in total. The van der Waals surface area contributed by atoms with E-state index in [9.17, 15) is 18.0 Å². The van der Waals surface area contributed by atoms with Crippen LogP contribution in [0.5, 0.6) is 0 Å². The normalized spacial score (nSPS) is 28.8. The van der Waals surface area contributed by atoms with Crippen molar-refractivity contribution in [2.75, 3.05) is 25.9 Å². The Morgan fingerprint density at radius 2 is 1.89 bits per heavy atom. The lowest BCUT2D eigenvalue weighted by Gasteiger charge is -2.26. The van der Waals surface area contributed by atoms with Gasteiger partial charge in [-0.3, -0.25) is 9.59 Å². The van der Waals surface area contributed by atoms with Crippen LogP contribution >= 0.6 is 0 Å². The van der Waals surface area contributed by atoms with Crippen molar-refractivity contribution in [1.82, 2.24) is 9.21 Å². The third-order valence-electron chi connectivity index (χ3n) is 3.76. The van der Waals surface area contributed by atoms with E-state index >= 15 is 0 Å². The minimum Gasteiger partial charge on any atom is -0.481 e. The van der Waals surface area contributed by atoms with Gasteiger partial charge in [-0.1, -0.05) is 0 Å². The molecule has 2 fully saturated rings. The first-order valence-corrected chi connectivity index (χ1v) is 8.14. The maximum absolute atomic E-state index is 12.3. The fourth-order valence-corrected chi connectivity index (χ4v) is 3.88. The Labute approximate surface area is 112 Å². The van der Waals surface area contributed by atoms with E-state index in [0.29, 0.717) is 32.4 Å². The SMILES string of the molecule is CS(=O)(=O)N1CCC[C@H]1C(=O)N1CC[C@H](C(=O)O)C1. The van der Waals surface area contributed by atoms with Crippen LogP contribution in [-0.4, -0.2) is 66.5 Å². The minimum atomic E-state index is -3.39. The number of aliphatic carboxylic acids is 1. The van der Waals surface area contributed by atoms with Crippen molar-refractivity contribution in [2.24, 2.45) is 5.92 Å². The van der Waals surface area contributed by atoms with Crippen molar-refractivity contribution in [2.45, 2.75) is 25.3 Å². The molecule has 0 aromatic carbocycles. The van der Waals surface area contributed by atoms with E-state index in [4.69, 9.17) is 5.11 Å². The predicted octanol–water partition coefficient (Wildman–Crippen LogP) is -0.656. The van der Waals surface area contributed by atoms with Gasteiger partial charge < -0.3 is 10.0 Å². The van der Waals surface area contributed by atoms with Crippen molar-refractivity contribution in [3.63, 3.8) is 0 Å². The molecule has 1 amide bonds. The van der Waals surface area contributed by atoms with E-state index in [0.717, 1.165) is 6.26 Å². The van der Waals surface area contributed by atoms with Crippen LogP contribution in [0.15, 0.2) is 0 Å². The number of nitrogens with zero attached hydrogens (tertiary/aromatic N) is 2. The van der Waals surface area contributed by atoms with Gasteiger partial charge in [0.25, 0.3) is 0 Å². The summed E-state index contributed by atoms with van der Waals surface area (Å²) in [7, 11) is -3.39. The molecule has 2 aliphatic rings. The average Bonchev–Trinajstić information content (AvgIpc) is 2.96. The first kappa shape index (κ1) is 14.3. The van der Waals surface area contributed by atoms with E-state index in [1.807, 2.05) is 0 Å². The molecule has 0 aromatic rings. The average molecular weight is 290 g/mol. The molecule has 0 aliphatic carbocycles.